The average Bonchev–Trinajstić information content (AvgIpc) is 2.82. The van der Waals surface area contributed by atoms with Crippen LogP contribution in [0.2, 0.25) is 0 Å². The highest BCUT2D eigenvalue weighted by Crippen LogP contribution is 2.25. The fourth-order valence-electron chi connectivity index (χ4n) is 5.05. The number of halogens is 1. The fraction of sp³-hybridized carbons (Fsp3) is 0.414. The Morgan fingerprint density at radius 1 is 1.08 bits per heavy atom. The van der Waals surface area contributed by atoms with Gasteiger partial charge in [-0.15, -0.1) is 0 Å². The van der Waals surface area contributed by atoms with Gasteiger partial charge in [0.2, 0.25) is 5.95 Å². The van der Waals surface area contributed by atoms with E-state index < -0.39 is 5.97 Å². The lowest BCUT2D eigenvalue weighted by Gasteiger charge is -2.42. The third-order valence-corrected chi connectivity index (χ3v) is 6.59. The first-order chi connectivity index (χ1) is 17.3. The molecule has 2 heterocycles. The number of carboxylic acid groups (broad SMARTS) is 1. The minimum Gasteiger partial charge on any atom is -0.481 e. The highest BCUT2D eigenvalue weighted by Gasteiger charge is 2.29. The summed E-state index contributed by atoms with van der Waals surface area (Å²) >= 11 is 0. The van der Waals surface area contributed by atoms with Gasteiger partial charge in [0.1, 0.15) is 5.82 Å². The van der Waals surface area contributed by atoms with E-state index in [4.69, 9.17) is 5.11 Å². The Morgan fingerprint density at radius 2 is 1.83 bits per heavy atom. The van der Waals surface area contributed by atoms with Gasteiger partial charge in [-0.2, -0.15) is 0 Å². The van der Waals surface area contributed by atoms with Gasteiger partial charge in [-0.1, -0.05) is 49.7 Å². The summed E-state index contributed by atoms with van der Waals surface area (Å²) in [6, 6.07) is 13.2. The van der Waals surface area contributed by atoms with E-state index in [1.165, 1.54) is 17.7 Å². The van der Waals surface area contributed by atoms with E-state index in [2.05, 4.69) is 58.7 Å². The van der Waals surface area contributed by atoms with Gasteiger partial charge in [0.25, 0.3) is 0 Å². The molecule has 2 aromatic carbocycles. The van der Waals surface area contributed by atoms with Crippen LogP contribution in [0.4, 0.5) is 10.3 Å². The average molecular weight is 491 g/mol. The molecule has 1 N–H and O–H groups in total. The van der Waals surface area contributed by atoms with Crippen molar-refractivity contribution >= 4 is 11.9 Å². The summed E-state index contributed by atoms with van der Waals surface area (Å²) in [6.07, 6.45) is 5.29. The lowest BCUT2D eigenvalue weighted by molar-refractivity contribution is -0.136. The number of rotatable bonds is 9. The quantitative estimate of drug-likeness (QED) is 0.436. The molecule has 1 aliphatic rings. The maximum Gasteiger partial charge on any atom is 0.303 e. The largest absolute Gasteiger partial charge is 0.481 e. The Kier molecular flexibility index (Phi) is 8.31. The van der Waals surface area contributed by atoms with Crippen LogP contribution >= 0.6 is 0 Å². The molecule has 3 aromatic rings. The van der Waals surface area contributed by atoms with Crippen molar-refractivity contribution in [2.45, 2.75) is 52.6 Å². The molecule has 6 nitrogen and oxygen atoms in total. The van der Waals surface area contributed by atoms with Crippen LogP contribution in [0.15, 0.2) is 54.9 Å². The number of aliphatic carboxylic acids is 1. The van der Waals surface area contributed by atoms with E-state index in [0.717, 1.165) is 54.9 Å². The van der Waals surface area contributed by atoms with Crippen LogP contribution in [0.3, 0.4) is 0 Å². The van der Waals surface area contributed by atoms with Crippen molar-refractivity contribution in [2.24, 2.45) is 5.92 Å². The Balaban J connectivity index is 1.46. The predicted molar refractivity (Wildman–Crippen MR) is 140 cm³/mol. The first-order valence-corrected chi connectivity index (χ1v) is 12.6. The van der Waals surface area contributed by atoms with E-state index in [-0.39, 0.29) is 18.3 Å². The van der Waals surface area contributed by atoms with Crippen LogP contribution in [0.1, 0.15) is 43.4 Å². The minimum atomic E-state index is -0.767. The summed E-state index contributed by atoms with van der Waals surface area (Å²) in [5, 5.41) is 9.04. The number of hydrogen-bond acceptors (Lipinski definition) is 5. The zero-order valence-corrected chi connectivity index (χ0v) is 21.3. The molecule has 1 fully saturated rings. The van der Waals surface area contributed by atoms with Gasteiger partial charge in [-0.25, -0.2) is 14.4 Å². The van der Waals surface area contributed by atoms with Crippen molar-refractivity contribution in [3.63, 3.8) is 0 Å². The summed E-state index contributed by atoms with van der Waals surface area (Å²) < 4.78 is 13.6. The van der Waals surface area contributed by atoms with Crippen molar-refractivity contribution in [3.05, 3.63) is 77.4 Å². The molecule has 0 aliphatic carbocycles. The summed E-state index contributed by atoms with van der Waals surface area (Å²) in [6.45, 7) is 10.0. The number of anilines is 1. The van der Waals surface area contributed by atoms with E-state index in [1.807, 2.05) is 6.07 Å². The molecular weight excluding hydrogens is 455 g/mol. The van der Waals surface area contributed by atoms with E-state index in [9.17, 15) is 9.18 Å². The number of hydrogen-bond donors (Lipinski definition) is 1. The van der Waals surface area contributed by atoms with Crippen LogP contribution in [0, 0.1) is 18.7 Å². The number of aromatic nitrogens is 2. The van der Waals surface area contributed by atoms with Crippen molar-refractivity contribution < 1.29 is 14.3 Å². The summed E-state index contributed by atoms with van der Waals surface area (Å²) in [7, 11) is 0. The van der Waals surface area contributed by atoms with Crippen LogP contribution in [0.5, 0.6) is 0 Å². The number of aryl methyl sites for hydroxylation is 2. The molecule has 0 radical (unpaired) electrons. The Labute approximate surface area is 212 Å². The third kappa shape index (κ3) is 6.88. The monoisotopic (exact) mass is 490 g/mol. The molecule has 0 amide bonds. The van der Waals surface area contributed by atoms with Gasteiger partial charge in [0.05, 0.1) is 0 Å². The zero-order chi connectivity index (χ0) is 25.7. The number of carboxylic acids is 1. The molecule has 1 atom stereocenters. The molecule has 1 saturated heterocycles. The molecule has 36 heavy (non-hydrogen) atoms. The van der Waals surface area contributed by atoms with Crippen molar-refractivity contribution in [3.8, 4) is 11.1 Å². The topological polar surface area (TPSA) is 69.6 Å². The molecular formula is C29H35FN4O2. The number of benzene rings is 2. The molecule has 4 rings (SSSR count). The second-order valence-corrected chi connectivity index (χ2v) is 10.2. The number of carbonyl (C=O) groups is 1. The highest BCUT2D eigenvalue weighted by atomic mass is 19.1. The van der Waals surface area contributed by atoms with E-state index >= 15 is 0 Å². The normalized spacial score (nSPS) is 16.5. The zero-order valence-electron chi connectivity index (χ0n) is 21.3. The second kappa shape index (κ2) is 11.6. The van der Waals surface area contributed by atoms with Gasteiger partial charge in [-0.05, 0) is 54.5 Å². The minimum absolute atomic E-state index is 0.149. The highest BCUT2D eigenvalue weighted by molar-refractivity contribution is 5.67. The molecule has 0 unspecified atom stereocenters. The second-order valence-electron chi connectivity index (χ2n) is 10.2. The fourth-order valence-corrected chi connectivity index (χ4v) is 5.05. The number of nitrogens with zero attached hydrogens (tertiary/aromatic N) is 4. The maximum atomic E-state index is 13.6. The molecule has 0 spiro atoms. The van der Waals surface area contributed by atoms with Gasteiger partial charge >= 0.3 is 5.97 Å². The van der Waals surface area contributed by atoms with Gasteiger partial charge in [0.15, 0.2) is 0 Å². The summed E-state index contributed by atoms with van der Waals surface area (Å²) in [5.74, 6) is 0.210. The molecule has 1 aliphatic heterocycles. The molecule has 190 valence electrons. The van der Waals surface area contributed by atoms with E-state index in [1.54, 1.807) is 18.5 Å². The Bertz CT molecular complexity index is 1180. The maximum absolute atomic E-state index is 13.6. The van der Waals surface area contributed by atoms with Gasteiger partial charge < -0.3 is 10.0 Å². The summed E-state index contributed by atoms with van der Waals surface area (Å²) in [5.41, 5.74) is 5.04. The lowest BCUT2D eigenvalue weighted by Crippen LogP contribution is -2.54. The molecule has 0 bridgehead atoms. The van der Waals surface area contributed by atoms with E-state index in [0.29, 0.717) is 18.3 Å². The van der Waals surface area contributed by atoms with Crippen molar-refractivity contribution in [1.29, 1.82) is 0 Å². The third-order valence-electron chi connectivity index (χ3n) is 6.59. The molecule has 1 aromatic heterocycles. The summed E-state index contributed by atoms with van der Waals surface area (Å²) in [4.78, 5) is 25.1. The SMILES string of the molecule is Cc1cc(CCC(=O)O)cc(CN2CCN(c3ncc(-c4cccc(F)c4)cn3)[C@H](CC(C)C)C2)c1. The Hall–Kier alpha value is -3.32. The first kappa shape index (κ1) is 25.8. The van der Waals surface area contributed by atoms with Crippen LogP contribution in [-0.4, -0.2) is 51.6 Å². The first-order valence-electron chi connectivity index (χ1n) is 12.6. The van der Waals surface area contributed by atoms with Crippen molar-refractivity contribution in [1.82, 2.24) is 14.9 Å². The smallest absolute Gasteiger partial charge is 0.303 e. The lowest BCUT2D eigenvalue weighted by atomic mass is 9.99. The van der Waals surface area contributed by atoms with Crippen LogP contribution in [0.25, 0.3) is 11.1 Å². The van der Waals surface area contributed by atoms with Crippen LogP contribution < -0.4 is 4.90 Å². The Morgan fingerprint density at radius 3 is 2.53 bits per heavy atom. The predicted octanol–water partition coefficient (Wildman–Crippen LogP) is 5.35. The van der Waals surface area contributed by atoms with Gasteiger partial charge in [-0.3, -0.25) is 9.69 Å². The van der Waals surface area contributed by atoms with Gasteiger partial charge in [0, 0.05) is 56.6 Å². The molecule has 7 heteroatoms. The number of piperazine rings is 1. The molecule has 0 saturated carbocycles. The standard InChI is InChI=1S/C29H35FN4O2/c1-20(2)11-27-19-33(18-23-13-21(3)12-22(14-23)7-8-28(35)36)9-10-34(27)29-31-16-25(17-32-29)24-5-4-6-26(30)15-24/h4-6,12-17,20,27H,7-11,18-19H2,1-3H3,(H,35,36)/t27-/m1/s1. The van der Waals surface area contributed by atoms with Crippen LogP contribution in [-0.2, 0) is 17.8 Å². The van der Waals surface area contributed by atoms with Crippen molar-refractivity contribution in [2.75, 3.05) is 24.5 Å².